The van der Waals surface area contributed by atoms with E-state index in [1.54, 1.807) is 42.9 Å². The Kier molecular flexibility index (Phi) is 3.34. The van der Waals surface area contributed by atoms with Crippen molar-refractivity contribution in [2.24, 2.45) is 0 Å². The van der Waals surface area contributed by atoms with Crippen LogP contribution in [0.15, 0.2) is 24.5 Å². The van der Waals surface area contributed by atoms with Gasteiger partial charge in [0, 0.05) is 6.07 Å². The van der Waals surface area contributed by atoms with E-state index in [1.807, 2.05) is 0 Å². The molecule has 0 radical (unpaired) electrons. The molecule has 0 atom stereocenters. The van der Waals surface area contributed by atoms with Gasteiger partial charge in [-0.3, -0.25) is 4.57 Å². The van der Waals surface area contributed by atoms with Crippen LogP contribution >= 0.6 is 11.3 Å². The molecule has 0 bridgehead atoms. The minimum absolute atomic E-state index is 0.162. The van der Waals surface area contributed by atoms with Crippen LogP contribution in [0.25, 0.3) is 16.2 Å². The fourth-order valence-corrected chi connectivity index (χ4v) is 2.97. The first-order valence-corrected chi connectivity index (χ1v) is 7.22. The second kappa shape index (κ2) is 5.17. The zero-order chi connectivity index (χ0) is 15.0. The number of aryl methyl sites for hydroxylation is 1. The summed E-state index contributed by atoms with van der Waals surface area (Å²) in [6, 6.07) is 4.93. The monoisotopic (exact) mass is 303 g/mol. The van der Waals surface area contributed by atoms with Gasteiger partial charge in [0.15, 0.2) is 5.13 Å². The van der Waals surface area contributed by atoms with Gasteiger partial charge in [0.1, 0.15) is 17.0 Å². The van der Waals surface area contributed by atoms with E-state index in [9.17, 15) is 9.90 Å². The summed E-state index contributed by atoms with van der Waals surface area (Å²) in [5.74, 6) is -0.198. The number of carbonyl (C=O) groups excluding carboxylic acids is 1. The number of benzene rings is 1. The fourth-order valence-electron chi connectivity index (χ4n) is 2.02. The lowest BCUT2D eigenvalue weighted by Gasteiger charge is -1.99. The van der Waals surface area contributed by atoms with Gasteiger partial charge in [0.25, 0.3) is 0 Å². The van der Waals surface area contributed by atoms with Crippen molar-refractivity contribution >= 4 is 28.3 Å². The molecular weight excluding hydrogens is 290 g/mol. The van der Waals surface area contributed by atoms with Crippen molar-refractivity contribution < 1.29 is 14.6 Å². The lowest BCUT2D eigenvalue weighted by Crippen LogP contribution is -2.03. The first kappa shape index (κ1) is 13.6. The quantitative estimate of drug-likeness (QED) is 0.753. The summed E-state index contributed by atoms with van der Waals surface area (Å²) in [6.07, 6.45) is 1.62. The van der Waals surface area contributed by atoms with Crippen LogP contribution in [0.4, 0.5) is 0 Å². The van der Waals surface area contributed by atoms with Crippen molar-refractivity contribution in [2.45, 2.75) is 13.8 Å². The van der Waals surface area contributed by atoms with Crippen molar-refractivity contribution in [3.63, 3.8) is 0 Å². The van der Waals surface area contributed by atoms with E-state index in [-0.39, 0.29) is 11.7 Å². The summed E-state index contributed by atoms with van der Waals surface area (Å²) in [6.45, 7) is 3.88. The Morgan fingerprint density at radius 3 is 3.05 bits per heavy atom. The Morgan fingerprint density at radius 2 is 2.29 bits per heavy atom. The Hall–Kier alpha value is -2.41. The van der Waals surface area contributed by atoms with Crippen molar-refractivity contribution in [3.05, 3.63) is 35.1 Å². The van der Waals surface area contributed by atoms with Crippen LogP contribution in [-0.2, 0) is 4.74 Å². The number of imidazole rings is 1. The van der Waals surface area contributed by atoms with Gasteiger partial charge in [-0.2, -0.15) is 0 Å². The molecule has 7 heteroatoms. The van der Waals surface area contributed by atoms with Crippen LogP contribution in [-0.4, -0.2) is 32.2 Å². The van der Waals surface area contributed by atoms with E-state index in [1.165, 1.54) is 11.3 Å². The molecule has 0 saturated heterocycles. The van der Waals surface area contributed by atoms with E-state index in [2.05, 4.69) is 9.97 Å². The van der Waals surface area contributed by atoms with Gasteiger partial charge in [-0.05, 0) is 26.0 Å². The average molecular weight is 303 g/mol. The molecule has 1 N–H and O–H groups in total. The Balaban J connectivity index is 2.07. The third kappa shape index (κ3) is 2.36. The molecule has 21 heavy (non-hydrogen) atoms. The molecule has 3 rings (SSSR count). The van der Waals surface area contributed by atoms with Crippen molar-refractivity contribution in [3.8, 4) is 10.9 Å². The average Bonchev–Trinajstić information content (AvgIpc) is 3.01. The molecule has 108 valence electrons. The number of ether oxygens (including phenoxy) is 1. The normalized spacial score (nSPS) is 11.0. The predicted molar refractivity (Wildman–Crippen MR) is 79.1 cm³/mol. The largest absolute Gasteiger partial charge is 0.508 e. The van der Waals surface area contributed by atoms with Crippen LogP contribution < -0.4 is 0 Å². The SMILES string of the molecule is CCOC(=O)c1sc(-n2cnc3cc(O)ccc32)nc1C. The zero-order valence-corrected chi connectivity index (χ0v) is 12.3. The maximum Gasteiger partial charge on any atom is 0.350 e. The molecule has 0 amide bonds. The molecule has 0 saturated carbocycles. The van der Waals surface area contributed by atoms with Crippen LogP contribution in [0, 0.1) is 6.92 Å². The summed E-state index contributed by atoms with van der Waals surface area (Å²) in [5.41, 5.74) is 2.12. The molecule has 2 aromatic heterocycles. The van der Waals surface area contributed by atoms with E-state index in [0.29, 0.717) is 27.8 Å². The minimum atomic E-state index is -0.360. The highest BCUT2D eigenvalue weighted by atomic mass is 32.1. The van der Waals surface area contributed by atoms with E-state index >= 15 is 0 Å². The summed E-state index contributed by atoms with van der Waals surface area (Å²) in [5, 5.41) is 10.1. The van der Waals surface area contributed by atoms with Crippen LogP contribution in [0.5, 0.6) is 5.75 Å². The summed E-state index contributed by atoms with van der Waals surface area (Å²) in [4.78, 5) is 21.0. The summed E-state index contributed by atoms with van der Waals surface area (Å²) < 4.78 is 6.80. The molecule has 0 fully saturated rings. The number of fused-ring (bicyclic) bond motifs is 1. The second-order valence-corrected chi connectivity index (χ2v) is 5.40. The van der Waals surface area contributed by atoms with Gasteiger partial charge in [-0.1, -0.05) is 11.3 Å². The highest BCUT2D eigenvalue weighted by molar-refractivity contribution is 7.16. The minimum Gasteiger partial charge on any atom is -0.508 e. The standard InChI is InChI=1S/C14H13N3O3S/c1-3-20-13(19)12-8(2)16-14(21-12)17-7-15-10-6-9(18)4-5-11(10)17/h4-7,18H,3H2,1-2H3. The molecule has 3 aromatic rings. The summed E-state index contributed by atoms with van der Waals surface area (Å²) >= 11 is 1.26. The molecule has 6 nitrogen and oxygen atoms in total. The zero-order valence-electron chi connectivity index (χ0n) is 11.5. The Bertz CT molecular complexity index is 822. The molecular formula is C14H13N3O3S. The lowest BCUT2D eigenvalue weighted by molar-refractivity contribution is 0.0531. The number of rotatable bonds is 3. The maximum absolute atomic E-state index is 11.8. The highest BCUT2D eigenvalue weighted by Crippen LogP contribution is 2.27. The van der Waals surface area contributed by atoms with Crippen LogP contribution in [0.3, 0.4) is 0 Å². The van der Waals surface area contributed by atoms with Gasteiger partial charge < -0.3 is 9.84 Å². The number of carbonyl (C=O) groups is 1. The molecule has 0 aliphatic heterocycles. The number of thiazole rings is 1. The lowest BCUT2D eigenvalue weighted by atomic mass is 10.3. The smallest absolute Gasteiger partial charge is 0.350 e. The first-order chi connectivity index (χ1) is 10.1. The molecule has 0 spiro atoms. The Labute approximate surface area is 124 Å². The highest BCUT2D eigenvalue weighted by Gasteiger charge is 2.18. The number of aromatic nitrogens is 3. The van der Waals surface area contributed by atoms with Gasteiger partial charge in [-0.25, -0.2) is 14.8 Å². The summed E-state index contributed by atoms with van der Waals surface area (Å²) in [7, 11) is 0. The van der Waals surface area contributed by atoms with Crippen molar-refractivity contribution in [1.29, 1.82) is 0 Å². The van der Waals surface area contributed by atoms with Crippen LogP contribution in [0.2, 0.25) is 0 Å². The van der Waals surface area contributed by atoms with Gasteiger partial charge in [-0.15, -0.1) is 0 Å². The Morgan fingerprint density at radius 1 is 1.48 bits per heavy atom. The van der Waals surface area contributed by atoms with Gasteiger partial charge >= 0.3 is 5.97 Å². The van der Waals surface area contributed by atoms with E-state index in [4.69, 9.17) is 4.74 Å². The number of phenols is 1. The molecule has 2 heterocycles. The number of hydrogen-bond acceptors (Lipinski definition) is 6. The second-order valence-electron chi connectivity index (χ2n) is 4.42. The first-order valence-electron chi connectivity index (χ1n) is 6.41. The molecule has 0 aliphatic carbocycles. The molecule has 1 aromatic carbocycles. The van der Waals surface area contributed by atoms with Crippen molar-refractivity contribution in [1.82, 2.24) is 14.5 Å². The third-order valence-corrected chi connectivity index (χ3v) is 4.12. The molecule has 0 unspecified atom stereocenters. The van der Waals surface area contributed by atoms with Gasteiger partial charge in [0.05, 0.1) is 23.3 Å². The number of aromatic hydroxyl groups is 1. The van der Waals surface area contributed by atoms with Crippen LogP contribution in [0.1, 0.15) is 22.3 Å². The van der Waals surface area contributed by atoms with E-state index < -0.39 is 0 Å². The maximum atomic E-state index is 11.8. The fraction of sp³-hybridized carbons (Fsp3) is 0.214. The van der Waals surface area contributed by atoms with Gasteiger partial charge in [0.2, 0.25) is 0 Å². The topological polar surface area (TPSA) is 77.2 Å². The molecule has 0 aliphatic rings. The van der Waals surface area contributed by atoms with Crippen molar-refractivity contribution in [2.75, 3.05) is 6.61 Å². The number of esters is 1. The third-order valence-electron chi connectivity index (χ3n) is 2.98. The number of hydrogen-bond donors (Lipinski definition) is 1. The predicted octanol–water partition coefficient (Wildman–Crippen LogP) is 2.67. The number of nitrogens with zero attached hydrogens (tertiary/aromatic N) is 3. The van der Waals surface area contributed by atoms with E-state index in [0.717, 1.165) is 5.52 Å². The number of phenolic OH excluding ortho intramolecular Hbond substituents is 1.